The number of hydrogen-bond donors (Lipinski definition) is 1. The third kappa shape index (κ3) is 4.57. The first-order valence-corrected chi connectivity index (χ1v) is 6.32. The van der Waals surface area contributed by atoms with Crippen LogP contribution in [-0.4, -0.2) is 17.6 Å². The molecule has 0 aliphatic heterocycles. The van der Waals surface area contributed by atoms with Gasteiger partial charge in [0.2, 0.25) is 0 Å². The second kappa shape index (κ2) is 5.61. The first-order chi connectivity index (χ1) is 8.19. The van der Waals surface area contributed by atoms with Crippen molar-refractivity contribution in [1.29, 1.82) is 0 Å². The fourth-order valence-electron chi connectivity index (χ4n) is 1.42. The molecular formula is C14H20ClNO2. The summed E-state index contributed by atoms with van der Waals surface area (Å²) in [4.78, 5) is 11.8. The third-order valence-corrected chi connectivity index (χ3v) is 2.57. The second-order valence-electron chi connectivity index (χ2n) is 5.38. The van der Waals surface area contributed by atoms with Crippen LogP contribution in [0.25, 0.3) is 0 Å². The third-order valence-electron chi connectivity index (χ3n) is 2.26. The quantitative estimate of drug-likeness (QED) is 0.849. The zero-order chi connectivity index (χ0) is 13.9. The molecule has 0 aliphatic carbocycles. The van der Waals surface area contributed by atoms with Crippen LogP contribution < -0.4 is 5.32 Å². The fourth-order valence-corrected chi connectivity index (χ4v) is 1.71. The van der Waals surface area contributed by atoms with Gasteiger partial charge in [0.05, 0.1) is 10.7 Å². The molecule has 3 nitrogen and oxygen atoms in total. The Labute approximate surface area is 113 Å². The number of hydrogen-bond acceptors (Lipinski definition) is 3. The lowest BCUT2D eigenvalue weighted by Gasteiger charge is -2.23. The molecule has 0 fully saturated rings. The van der Waals surface area contributed by atoms with Gasteiger partial charge in [-0.2, -0.15) is 0 Å². The maximum Gasteiger partial charge on any atom is 0.328 e. The summed E-state index contributed by atoms with van der Waals surface area (Å²) in [6.07, 6.45) is 0. The van der Waals surface area contributed by atoms with Crippen molar-refractivity contribution in [3.05, 3.63) is 28.8 Å². The largest absolute Gasteiger partial charge is 0.458 e. The number of ether oxygens (including phenoxy) is 1. The Hall–Kier alpha value is -1.22. The molecule has 0 amide bonds. The summed E-state index contributed by atoms with van der Waals surface area (Å²) in [6.45, 7) is 9.25. The highest BCUT2D eigenvalue weighted by Gasteiger charge is 2.21. The Balaban J connectivity index is 2.69. The number of anilines is 1. The minimum atomic E-state index is -0.482. The number of halogens is 1. The van der Waals surface area contributed by atoms with Gasteiger partial charge >= 0.3 is 5.97 Å². The molecule has 4 heteroatoms. The summed E-state index contributed by atoms with van der Waals surface area (Å²) in [6, 6.07) is 5.21. The van der Waals surface area contributed by atoms with Crippen LogP contribution in [0, 0.1) is 6.92 Å². The van der Waals surface area contributed by atoms with Crippen molar-refractivity contribution in [1.82, 2.24) is 0 Å². The summed E-state index contributed by atoms with van der Waals surface area (Å²) in [5.41, 5.74) is 1.33. The summed E-state index contributed by atoms with van der Waals surface area (Å²) >= 11 is 6.10. The van der Waals surface area contributed by atoms with Crippen molar-refractivity contribution in [2.75, 3.05) is 5.32 Å². The molecule has 0 aromatic heterocycles. The van der Waals surface area contributed by atoms with Gasteiger partial charge in [-0.3, -0.25) is 0 Å². The molecule has 1 aromatic rings. The van der Waals surface area contributed by atoms with Crippen LogP contribution in [0.5, 0.6) is 0 Å². The molecule has 1 rings (SSSR count). The lowest BCUT2D eigenvalue weighted by Crippen LogP contribution is -2.34. The number of carbonyl (C=O) groups excluding carboxylic acids is 1. The molecule has 18 heavy (non-hydrogen) atoms. The number of nitrogens with one attached hydrogen (secondary N) is 1. The maximum atomic E-state index is 11.8. The van der Waals surface area contributed by atoms with Gasteiger partial charge in [-0.05, 0) is 52.3 Å². The van der Waals surface area contributed by atoms with E-state index in [4.69, 9.17) is 16.3 Å². The van der Waals surface area contributed by atoms with Crippen LogP contribution in [0.2, 0.25) is 5.02 Å². The average molecular weight is 270 g/mol. The smallest absolute Gasteiger partial charge is 0.328 e. The highest BCUT2D eigenvalue weighted by Crippen LogP contribution is 2.23. The van der Waals surface area contributed by atoms with Gasteiger partial charge in [0.25, 0.3) is 0 Å². The first kappa shape index (κ1) is 14.8. The lowest BCUT2D eigenvalue weighted by molar-refractivity contribution is -0.155. The van der Waals surface area contributed by atoms with Crippen LogP contribution in [0.15, 0.2) is 18.2 Å². The van der Waals surface area contributed by atoms with E-state index >= 15 is 0 Å². The Morgan fingerprint density at radius 1 is 1.39 bits per heavy atom. The van der Waals surface area contributed by atoms with Crippen molar-refractivity contribution in [3.63, 3.8) is 0 Å². The number of benzene rings is 1. The monoisotopic (exact) mass is 269 g/mol. The van der Waals surface area contributed by atoms with E-state index in [1.54, 1.807) is 6.92 Å². The molecule has 1 aromatic carbocycles. The average Bonchev–Trinajstić information content (AvgIpc) is 2.19. The number of aryl methyl sites for hydroxylation is 1. The zero-order valence-electron chi connectivity index (χ0n) is 11.5. The van der Waals surface area contributed by atoms with Gasteiger partial charge < -0.3 is 10.1 Å². The van der Waals surface area contributed by atoms with E-state index in [2.05, 4.69) is 5.32 Å². The topological polar surface area (TPSA) is 38.3 Å². The Bertz CT molecular complexity index is 438. The Morgan fingerprint density at radius 2 is 2.00 bits per heavy atom. The summed E-state index contributed by atoms with van der Waals surface area (Å²) in [5.74, 6) is -0.292. The van der Waals surface area contributed by atoms with Crippen LogP contribution in [0.3, 0.4) is 0 Å². The van der Waals surface area contributed by atoms with E-state index in [1.807, 2.05) is 45.9 Å². The fraction of sp³-hybridized carbons (Fsp3) is 0.500. The van der Waals surface area contributed by atoms with Gasteiger partial charge in [-0.15, -0.1) is 0 Å². The van der Waals surface area contributed by atoms with Crippen molar-refractivity contribution in [3.8, 4) is 0 Å². The second-order valence-corrected chi connectivity index (χ2v) is 5.79. The molecular weight excluding hydrogens is 250 g/mol. The van der Waals surface area contributed by atoms with E-state index in [0.717, 1.165) is 11.3 Å². The van der Waals surface area contributed by atoms with Crippen LogP contribution >= 0.6 is 11.6 Å². The first-order valence-electron chi connectivity index (χ1n) is 5.94. The molecule has 0 spiro atoms. The summed E-state index contributed by atoms with van der Waals surface area (Å²) in [5, 5.41) is 3.66. The van der Waals surface area contributed by atoms with Crippen molar-refractivity contribution in [2.24, 2.45) is 0 Å². The molecule has 1 atom stereocenters. The van der Waals surface area contributed by atoms with Crippen LogP contribution in [0.1, 0.15) is 33.3 Å². The predicted molar refractivity (Wildman–Crippen MR) is 75.1 cm³/mol. The lowest BCUT2D eigenvalue weighted by atomic mass is 10.2. The summed E-state index contributed by atoms with van der Waals surface area (Å²) in [7, 11) is 0. The molecule has 1 unspecified atom stereocenters. The van der Waals surface area contributed by atoms with Gasteiger partial charge in [0.15, 0.2) is 0 Å². The Morgan fingerprint density at radius 3 is 2.50 bits per heavy atom. The molecule has 0 aliphatic rings. The van der Waals surface area contributed by atoms with Crippen molar-refractivity contribution < 1.29 is 9.53 Å². The predicted octanol–water partition coefficient (Wildman–Crippen LogP) is 3.79. The van der Waals surface area contributed by atoms with Crippen molar-refractivity contribution >= 4 is 23.3 Å². The van der Waals surface area contributed by atoms with Gasteiger partial charge in [-0.1, -0.05) is 17.7 Å². The molecule has 0 heterocycles. The normalized spacial score (nSPS) is 13.0. The van der Waals surface area contributed by atoms with Crippen molar-refractivity contribution in [2.45, 2.75) is 46.3 Å². The molecule has 0 saturated carbocycles. The standard InChI is InChI=1S/C14H20ClNO2/c1-9-6-7-12(11(15)8-9)16-10(2)13(17)18-14(3,4)5/h6-8,10,16H,1-5H3. The molecule has 0 radical (unpaired) electrons. The van der Waals surface area contributed by atoms with Crippen LogP contribution in [0.4, 0.5) is 5.69 Å². The minimum absolute atomic E-state index is 0.292. The van der Waals surface area contributed by atoms with Gasteiger partial charge in [-0.25, -0.2) is 4.79 Å². The molecule has 0 bridgehead atoms. The molecule has 100 valence electrons. The summed E-state index contributed by atoms with van der Waals surface area (Å²) < 4.78 is 5.29. The van der Waals surface area contributed by atoms with E-state index in [0.29, 0.717) is 5.02 Å². The van der Waals surface area contributed by atoms with Crippen LogP contribution in [-0.2, 0) is 9.53 Å². The SMILES string of the molecule is Cc1ccc(NC(C)C(=O)OC(C)(C)C)c(Cl)c1. The maximum absolute atomic E-state index is 11.8. The van der Waals surface area contributed by atoms with E-state index < -0.39 is 11.6 Å². The minimum Gasteiger partial charge on any atom is -0.458 e. The highest BCUT2D eigenvalue weighted by atomic mass is 35.5. The zero-order valence-corrected chi connectivity index (χ0v) is 12.3. The number of rotatable bonds is 3. The molecule has 1 N–H and O–H groups in total. The van der Waals surface area contributed by atoms with E-state index in [9.17, 15) is 4.79 Å². The van der Waals surface area contributed by atoms with Gasteiger partial charge in [0, 0.05) is 0 Å². The van der Waals surface area contributed by atoms with E-state index in [1.165, 1.54) is 0 Å². The molecule has 0 saturated heterocycles. The number of carbonyl (C=O) groups is 1. The van der Waals surface area contributed by atoms with E-state index in [-0.39, 0.29) is 5.97 Å². The van der Waals surface area contributed by atoms with Gasteiger partial charge in [0.1, 0.15) is 11.6 Å². The highest BCUT2D eigenvalue weighted by molar-refractivity contribution is 6.33. The Kier molecular flexibility index (Phi) is 4.63. The number of esters is 1.